The Kier molecular flexibility index (Phi) is 3.93. The lowest BCUT2D eigenvalue weighted by atomic mass is 9.85. The van der Waals surface area contributed by atoms with E-state index in [2.05, 4.69) is 35.8 Å². The highest BCUT2D eigenvalue weighted by Crippen LogP contribution is 2.32. The monoisotopic (exact) mass is 262 g/mol. The van der Waals surface area contributed by atoms with E-state index in [0.29, 0.717) is 17.9 Å². The molecule has 1 aliphatic rings. The summed E-state index contributed by atoms with van der Waals surface area (Å²) < 4.78 is 0. The minimum absolute atomic E-state index is 0.135. The van der Waals surface area contributed by atoms with Crippen molar-refractivity contribution in [3.8, 4) is 0 Å². The van der Waals surface area contributed by atoms with Gasteiger partial charge in [-0.05, 0) is 31.2 Å². The van der Waals surface area contributed by atoms with Gasteiger partial charge in [0.05, 0.1) is 11.9 Å². The summed E-state index contributed by atoms with van der Waals surface area (Å²) in [4.78, 5) is 6.51. The molecule has 0 aliphatic carbocycles. The number of rotatable bonds is 2. The first-order valence-corrected chi connectivity index (χ1v) is 6.73. The number of oxime groups is 1. The Morgan fingerprint density at radius 3 is 2.89 bits per heavy atom. The van der Waals surface area contributed by atoms with E-state index in [4.69, 9.17) is 10.9 Å². The van der Waals surface area contributed by atoms with Crippen LogP contribution in [0.5, 0.6) is 0 Å². The molecule has 0 aromatic carbocycles. The van der Waals surface area contributed by atoms with Crippen molar-refractivity contribution in [2.24, 2.45) is 22.7 Å². The molecule has 2 heterocycles. The van der Waals surface area contributed by atoms with Crippen molar-refractivity contribution < 1.29 is 5.21 Å². The van der Waals surface area contributed by atoms with Gasteiger partial charge in [0, 0.05) is 24.3 Å². The molecule has 3 atom stereocenters. The molecule has 0 amide bonds. The number of aromatic nitrogens is 1. The van der Waals surface area contributed by atoms with Crippen molar-refractivity contribution in [2.45, 2.75) is 33.2 Å². The predicted octanol–water partition coefficient (Wildman–Crippen LogP) is 2.05. The molecule has 0 bridgehead atoms. The Balaban J connectivity index is 2.40. The third kappa shape index (κ3) is 2.64. The first-order valence-electron chi connectivity index (χ1n) is 6.73. The fraction of sp³-hybridized carbons (Fsp3) is 0.571. The number of hydrogen-bond acceptors (Lipinski definition) is 4. The highest BCUT2D eigenvalue weighted by molar-refractivity contribution is 6.02. The van der Waals surface area contributed by atoms with E-state index in [0.717, 1.165) is 17.8 Å². The number of anilines is 1. The predicted molar refractivity (Wildman–Crippen MR) is 76.5 cm³/mol. The van der Waals surface area contributed by atoms with Crippen molar-refractivity contribution >= 4 is 11.5 Å². The number of nitrogens with two attached hydrogens (primary N) is 1. The zero-order valence-electron chi connectivity index (χ0n) is 11.7. The molecule has 1 aliphatic heterocycles. The molecule has 19 heavy (non-hydrogen) atoms. The molecule has 5 heteroatoms. The second kappa shape index (κ2) is 5.47. The maximum atomic E-state index is 8.90. The molecule has 2 rings (SSSR count). The molecule has 0 spiro atoms. The summed E-state index contributed by atoms with van der Waals surface area (Å²) in [6.45, 7) is 7.73. The van der Waals surface area contributed by atoms with Gasteiger partial charge in [-0.1, -0.05) is 19.0 Å². The summed E-state index contributed by atoms with van der Waals surface area (Å²) in [5.74, 6) is 1.38. The van der Waals surface area contributed by atoms with Crippen LogP contribution in [0.4, 0.5) is 5.69 Å². The Labute approximate surface area is 114 Å². The van der Waals surface area contributed by atoms with Crippen LogP contribution in [0.25, 0.3) is 0 Å². The lowest BCUT2D eigenvalue weighted by Gasteiger charge is -2.43. The Morgan fingerprint density at radius 1 is 1.47 bits per heavy atom. The van der Waals surface area contributed by atoms with E-state index < -0.39 is 0 Å². The highest BCUT2D eigenvalue weighted by atomic mass is 16.4. The molecule has 3 N–H and O–H groups in total. The first-order chi connectivity index (χ1) is 9.04. The number of nitrogens with zero attached hydrogens (tertiary/aromatic N) is 3. The van der Waals surface area contributed by atoms with Crippen molar-refractivity contribution in [3.63, 3.8) is 0 Å². The third-order valence-electron chi connectivity index (χ3n) is 4.09. The van der Waals surface area contributed by atoms with Crippen LogP contribution in [0.15, 0.2) is 23.6 Å². The van der Waals surface area contributed by atoms with Gasteiger partial charge in [0.1, 0.15) is 0 Å². The van der Waals surface area contributed by atoms with Crippen LogP contribution in [0, 0.1) is 11.8 Å². The SMILES string of the molecule is CC1CC(C)C(C)N(c2cnccc2/C(N)=N/O)C1. The van der Waals surface area contributed by atoms with Crippen LogP contribution in [0.2, 0.25) is 0 Å². The van der Waals surface area contributed by atoms with Crippen LogP contribution in [0.3, 0.4) is 0 Å². The van der Waals surface area contributed by atoms with Gasteiger partial charge in [-0.25, -0.2) is 0 Å². The second-order valence-electron chi connectivity index (χ2n) is 5.59. The van der Waals surface area contributed by atoms with Gasteiger partial charge < -0.3 is 15.8 Å². The van der Waals surface area contributed by atoms with Gasteiger partial charge in [-0.15, -0.1) is 0 Å². The van der Waals surface area contributed by atoms with Gasteiger partial charge in [0.2, 0.25) is 0 Å². The van der Waals surface area contributed by atoms with E-state index >= 15 is 0 Å². The standard InChI is InChI=1S/C14H22N4O/c1-9-6-10(2)11(3)18(8-9)13-7-16-5-4-12(13)14(15)17-19/h4-5,7,9-11,19H,6,8H2,1-3H3,(H2,15,17). The molecular formula is C14H22N4O. The average molecular weight is 262 g/mol. The minimum Gasteiger partial charge on any atom is -0.409 e. The molecule has 3 unspecified atom stereocenters. The van der Waals surface area contributed by atoms with Gasteiger partial charge in [0.15, 0.2) is 5.84 Å². The number of hydrogen-bond donors (Lipinski definition) is 2. The van der Waals surface area contributed by atoms with Crippen LogP contribution in [-0.4, -0.2) is 28.6 Å². The maximum absolute atomic E-state index is 8.90. The lowest BCUT2D eigenvalue weighted by molar-refractivity contribution is 0.296. The van der Waals surface area contributed by atoms with Gasteiger partial charge in [-0.2, -0.15) is 0 Å². The summed E-state index contributed by atoms with van der Waals surface area (Å²) in [5.41, 5.74) is 7.45. The largest absolute Gasteiger partial charge is 0.409 e. The minimum atomic E-state index is 0.135. The van der Waals surface area contributed by atoms with Gasteiger partial charge in [-0.3, -0.25) is 4.98 Å². The average Bonchev–Trinajstić information content (AvgIpc) is 2.42. The summed E-state index contributed by atoms with van der Waals surface area (Å²) in [7, 11) is 0. The number of amidine groups is 1. The molecule has 1 saturated heterocycles. The van der Waals surface area contributed by atoms with Crippen molar-refractivity contribution in [2.75, 3.05) is 11.4 Å². The quantitative estimate of drug-likeness (QED) is 0.370. The molecule has 1 aromatic heterocycles. The van der Waals surface area contributed by atoms with Crippen LogP contribution in [-0.2, 0) is 0 Å². The highest BCUT2D eigenvalue weighted by Gasteiger charge is 2.30. The van der Waals surface area contributed by atoms with Crippen LogP contribution in [0.1, 0.15) is 32.8 Å². The van der Waals surface area contributed by atoms with Crippen molar-refractivity contribution in [1.29, 1.82) is 0 Å². The Hall–Kier alpha value is -1.78. The van der Waals surface area contributed by atoms with E-state index in [1.807, 2.05) is 0 Å². The summed E-state index contributed by atoms with van der Waals surface area (Å²) in [6.07, 6.45) is 4.70. The molecular weight excluding hydrogens is 240 g/mol. The molecule has 0 saturated carbocycles. The van der Waals surface area contributed by atoms with E-state index in [1.54, 1.807) is 18.5 Å². The number of piperidine rings is 1. The topological polar surface area (TPSA) is 74.7 Å². The van der Waals surface area contributed by atoms with E-state index in [9.17, 15) is 0 Å². The van der Waals surface area contributed by atoms with Crippen molar-refractivity contribution in [1.82, 2.24) is 4.98 Å². The van der Waals surface area contributed by atoms with E-state index in [-0.39, 0.29) is 5.84 Å². The summed E-state index contributed by atoms with van der Waals surface area (Å²) in [6, 6.07) is 2.21. The summed E-state index contributed by atoms with van der Waals surface area (Å²) >= 11 is 0. The van der Waals surface area contributed by atoms with Crippen LogP contribution >= 0.6 is 0 Å². The van der Waals surface area contributed by atoms with Gasteiger partial charge in [0.25, 0.3) is 0 Å². The van der Waals surface area contributed by atoms with Gasteiger partial charge >= 0.3 is 0 Å². The maximum Gasteiger partial charge on any atom is 0.172 e. The van der Waals surface area contributed by atoms with E-state index in [1.165, 1.54) is 6.42 Å². The summed E-state index contributed by atoms with van der Waals surface area (Å²) in [5, 5.41) is 12.0. The second-order valence-corrected chi connectivity index (χ2v) is 5.59. The first kappa shape index (κ1) is 13.6. The fourth-order valence-electron chi connectivity index (χ4n) is 2.92. The molecule has 5 nitrogen and oxygen atoms in total. The zero-order valence-corrected chi connectivity index (χ0v) is 11.7. The Bertz CT molecular complexity index is 474. The van der Waals surface area contributed by atoms with Crippen LogP contribution < -0.4 is 10.6 Å². The Morgan fingerprint density at radius 2 is 2.21 bits per heavy atom. The smallest absolute Gasteiger partial charge is 0.172 e. The van der Waals surface area contributed by atoms with Crippen molar-refractivity contribution in [3.05, 3.63) is 24.0 Å². The third-order valence-corrected chi connectivity index (χ3v) is 4.09. The molecule has 104 valence electrons. The number of pyridine rings is 1. The zero-order chi connectivity index (χ0) is 14.0. The lowest BCUT2D eigenvalue weighted by Crippen LogP contribution is -2.46. The fourth-order valence-corrected chi connectivity index (χ4v) is 2.92. The normalized spacial score (nSPS) is 28.5. The molecule has 1 fully saturated rings. The molecule has 0 radical (unpaired) electrons. The molecule has 1 aromatic rings.